The van der Waals surface area contributed by atoms with Crippen molar-refractivity contribution in [3.8, 4) is 5.69 Å². The van der Waals surface area contributed by atoms with Gasteiger partial charge < -0.3 is 0 Å². The number of nitrogens with zero attached hydrogens (tertiary/aromatic N) is 2. The Balaban J connectivity index is 2.53. The summed E-state index contributed by atoms with van der Waals surface area (Å²) in [7, 11) is 1.86. The molecule has 0 aliphatic heterocycles. The fourth-order valence-electron chi connectivity index (χ4n) is 2.04. The maximum atomic E-state index is 12.6. The molecule has 0 aliphatic carbocycles. The van der Waals surface area contributed by atoms with Crippen LogP contribution in [0.2, 0.25) is 0 Å². The smallest absolute Gasteiger partial charge is 0.281 e. The molecule has 0 spiro atoms. The summed E-state index contributed by atoms with van der Waals surface area (Å²) in [5.74, 6) is 0. The molecule has 0 amide bonds. The second-order valence-corrected chi connectivity index (χ2v) is 4.89. The number of hydrogen-bond acceptors (Lipinski definition) is 1. The van der Waals surface area contributed by atoms with Gasteiger partial charge in [-0.25, -0.2) is 10.00 Å². The maximum absolute atomic E-state index is 12.6. The molecule has 2 N–H and O–H groups in total. The zero-order chi connectivity index (χ0) is 14.7. The predicted octanol–water partition coefficient (Wildman–Crippen LogP) is 0.283. The third-order valence-electron chi connectivity index (χ3n) is 3.14. The second-order valence-electron chi connectivity index (χ2n) is 4.44. The Bertz CT molecular complexity index is 685. The molecule has 6 heteroatoms. The van der Waals surface area contributed by atoms with E-state index in [4.69, 9.17) is 0 Å². The van der Waals surface area contributed by atoms with E-state index >= 15 is 0 Å². The number of aromatic nitrogens is 2. The Morgan fingerprint density at radius 1 is 1.35 bits per heavy atom. The summed E-state index contributed by atoms with van der Waals surface area (Å²) in [5, 5.41) is 3.59. The second kappa shape index (κ2) is 6.00. The molecule has 0 fully saturated rings. The molecule has 0 atom stereocenters. The largest absolute Gasteiger partial charge is 0.318 e. The average Bonchev–Trinajstić information content (AvgIpc) is 2.64. The highest BCUT2D eigenvalue weighted by atomic mass is 32.1. The minimum absolute atomic E-state index is 0.0966. The highest BCUT2D eigenvalue weighted by Gasteiger charge is 2.20. The van der Waals surface area contributed by atoms with Crippen molar-refractivity contribution in [2.45, 2.75) is 13.8 Å². The maximum Gasteiger partial charge on any atom is 0.318 e. The third-order valence-corrected chi connectivity index (χ3v) is 3.41. The number of benzene rings is 1. The van der Waals surface area contributed by atoms with Crippen molar-refractivity contribution in [1.82, 2.24) is 9.36 Å². The molecule has 0 unspecified atom stereocenters. The lowest BCUT2D eigenvalue weighted by Gasteiger charge is -2.06. The van der Waals surface area contributed by atoms with Crippen molar-refractivity contribution in [2.24, 2.45) is 7.05 Å². The van der Waals surface area contributed by atoms with E-state index in [1.165, 1.54) is 0 Å². The van der Waals surface area contributed by atoms with E-state index in [9.17, 15) is 4.79 Å². The van der Waals surface area contributed by atoms with E-state index in [0.29, 0.717) is 10.9 Å². The SMILES string of the molecule is CC[NH+]=C(S)Nc1c(C)n(C)n(-c2ccccc2)c1=O. The molecule has 2 aromatic rings. The number of nitrogens with one attached hydrogen (secondary N) is 2. The first kappa shape index (κ1) is 14.5. The van der Waals surface area contributed by atoms with Crippen LogP contribution in [0.15, 0.2) is 35.1 Å². The highest BCUT2D eigenvalue weighted by Crippen LogP contribution is 2.13. The van der Waals surface area contributed by atoms with E-state index in [2.05, 4.69) is 22.9 Å². The zero-order valence-corrected chi connectivity index (χ0v) is 12.7. The van der Waals surface area contributed by atoms with Crippen LogP contribution in [-0.4, -0.2) is 21.1 Å². The lowest BCUT2D eigenvalue weighted by Crippen LogP contribution is -2.72. The molecule has 2 rings (SSSR count). The van der Waals surface area contributed by atoms with Crippen LogP contribution in [0, 0.1) is 6.92 Å². The Kier molecular flexibility index (Phi) is 4.34. The molecule has 5 nitrogen and oxygen atoms in total. The number of rotatable bonds is 3. The van der Waals surface area contributed by atoms with Crippen LogP contribution in [0.5, 0.6) is 0 Å². The van der Waals surface area contributed by atoms with Crippen LogP contribution in [0.4, 0.5) is 5.69 Å². The van der Waals surface area contributed by atoms with Crippen molar-refractivity contribution in [3.05, 3.63) is 46.4 Å². The van der Waals surface area contributed by atoms with Gasteiger partial charge in [0.25, 0.3) is 0 Å². The van der Waals surface area contributed by atoms with Crippen LogP contribution < -0.4 is 15.9 Å². The highest BCUT2D eigenvalue weighted by molar-refractivity contribution is 7.96. The summed E-state index contributed by atoms with van der Waals surface area (Å²) >= 11 is 4.28. The summed E-state index contributed by atoms with van der Waals surface area (Å²) in [4.78, 5) is 15.6. The summed E-state index contributed by atoms with van der Waals surface area (Å²) in [5.41, 5.74) is 2.12. The number of thiol groups is 1. The molecule has 0 saturated heterocycles. The van der Waals surface area contributed by atoms with Gasteiger partial charge in [-0.15, -0.1) is 0 Å². The monoisotopic (exact) mass is 291 g/mol. The van der Waals surface area contributed by atoms with Crippen LogP contribution in [0.25, 0.3) is 5.69 Å². The van der Waals surface area contributed by atoms with Gasteiger partial charge in [-0.1, -0.05) is 30.8 Å². The topological polar surface area (TPSA) is 52.9 Å². The summed E-state index contributed by atoms with van der Waals surface area (Å²) in [6.07, 6.45) is 0. The normalized spacial score (nSPS) is 11.7. The minimum atomic E-state index is -0.0966. The zero-order valence-electron chi connectivity index (χ0n) is 11.8. The van der Waals surface area contributed by atoms with Crippen LogP contribution in [-0.2, 0) is 7.05 Å². The molecular weight excluding hydrogens is 272 g/mol. The van der Waals surface area contributed by atoms with Crippen molar-refractivity contribution in [3.63, 3.8) is 0 Å². The first-order valence-electron chi connectivity index (χ1n) is 6.47. The Morgan fingerprint density at radius 3 is 2.60 bits per heavy atom. The number of hydrogen-bond donors (Lipinski definition) is 3. The van der Waals surface area contributed by atoms with Gasteiger partial charge in [-0.05, 0) is 26.0 Å². The van der Waals surface area contributed by atoms with E-state index in [1.807, 2.05) is 55.9 Å². The van der Waals surface area contributed by atoms with Gasteiger partial charge in [0.05, 0.1) is 17.9 Å². The molecular formula is C14H19N4OS+. The van der Waals surface area contributed by atoms with Crippen molar-refractivity contribution in [2.75, 3.05) is 11.9 Å². The molecule has 1 heterocycles. The molecule has 0 bridgehead atoms. The molecule has 0 saturated carbocycles. The van der Waals surface area contributed by atoms with Crippen molar-refractivity contribution >= 4 is 23.5 Å². The van der Waals surface area contributed by atoms with Crippen LogP contribution in [0.3, 0.4) is 0 Å². The molecule has 0 aliphatic rings. The van der Waals surface area contributed by atoms with E-state index in [1.54, 1.807) is 4.68 Å². The van der Waals surface area contributed by atoms with E-state index in [0.717, 1.165) is 17.9 Å². The first-order chi connectivity index (χ1) is 9.56. The molecule has 1 aromatic heterocycles. The minimum Gasteiger partial charge on any atom is -0.281 e. The lowest BCUT2D eigenvalue weighted by molar-refractivity contribution is -0.449. The fraction of sp³-hybridized carbons (Fsp3) is 0.286. The summed E-state index contributed by atoms with van der Waals surface area (Å²) in [6, 6.07) is 9.55. The van der Waals surface area contributed by atoms with Crippen LogP contribution >= 0.6 is 12.6 Å². The Morgan fingerprint density at radius 2 is 2.00 bits per heavy atom. The third kappa shape index (κ3) is 2.65. The van der Waals surface area contributed by atoms with E-state index in [-0.39, 0.29) is 5.56 Å². The quantitative estimate of drug-likeness (QED) is 0.432. The standard InChI is InChI=1S/C14H18N4OS/c1-4-15-14(20)16-12-10(2)17(3)18(13(12)19)11-8-6-5-7-9-11/h5-9H,4H2,1-3H3,(H2,15,16,20)/p+1. The van der Waals surface area contributed by atoms with Gasteiger partial charge in [0.1, 0.15) is 0 Å². The molecule has 0 radical (unpaired) electrons. The number of anilines is 1. The Labute approximate surface area is 123 Å². The van der Waals surface area contributed by atoms with Gasteiger partial charge in [0.15, 0.2) is 0 Å². The van der Waals surface area contributed by atoms with Crippen molar-refractivity contribution in [1.29, 1.82) is 0 Å². The number of amidine groups is 1. The summed E-state index contributed by atoms with van der Waals surface area (Å²) in [6.45, 7) is 4.61. The predicted molar refractivity (Wildman–Crippen MR) is 84.9 cm³/mol. The molecule has 106 valence electrons. The Hall–Kier alpha value is -1.95. The van der Waals surface area contributed by atoms with Crippen LogP contribution in [0.1, 0.15) is 12.6 Å². The van der Waals surface area contributed by atoms with Gasteiger partial charge in [-0.3, -0.25) is 14.5 Å². The molecule has 20 heavy (non-hydrogen) atoms. The lowest BCUT2D eigenvalue weighted by atomic mass is 10.3. The molecule has 1 aromatic carbocycles. The average molecular weight is 291 g/mol. The van der Waals surface area contributed by atoms with Gasteiger partial charge >= 0.3 is 10.7 Å². The van der Waals surface area contributed by atoms with Gasteiger partial charge in [0.2, 0.25) is 5.69 Å². The fourth-order valence-corrected chi connectivity index (χ4v) is 2.31. The summed E-state index contributed by atoms with van der Waals surface area (Å²) < 4.78 is 3.46. The first-order valence-corrected chi connectivity index (χ1v) is 6.91. The number of para-hydroxylation sites is 1. The van der Waals surface area contributed by atoms with Gasteiger partial charge in [-0.2, -0.15) is 0 Å². The van der Waals surface area contributed by atoms with Crippen molar-refractivity contribution < 1.29 is 4.99 Å². The van der Waals surface area contributed by atoms with Gasteiger partial charge in [0, 0.05) is 7.05 Å². The van der Waals surface area contributed by atoms with E-state index < -0.39 is 0 Å².